The summed E-state index contributed by atoms with van der Waals surface area (Å²) in [6.07, 6.45) is 1.60. The number of likely N-dealkylation sites (tertiary alicyclic amines) is 1. The van der Waals surface area contributed by atoms with Gasteiger partial charge in [-0.15, -0.1) is 0 Å². The third-order valence-electron chi connectivity index (χ3n) is 3.97. The summed E-state index contributed by atoms with van der Waals surface area (Å²) in [6.45, 7) is 8.01. The predicted molar refractivity (Wildman–Crippen MR) is 71.5 cm³/mol. The standard InChI is InChI=1S/C14H24N2O3/c1-11(2)13(17)15-5-3-12(4-6-15)14(18)16-7-9-19-10-8-16/h11-12H,3-10H2,1-2H3. The molecule has 2 heterocycles. The first-order valence-corrected chi connectivity index (χ1v) is 7.25. The number of hydrogen-bond donors (Lipinski definition) is 0. The van der Waals surface area contributed by atoms with Gasteiger partial charge in [0.15, 0.2) is 0 Å². The molecular formula is C14H24N2O3. The van der Waals surface area contributed by atoms with Gasteiger partial charge >= 0.3 is 0 Å². The highest BCUT2D eigenvalue weighted by Crippen LogP contribution is 2.21. The van der Waals surface area contributed by atoms with E-state index >= 15 is 0 Å². The Bertz CT molecular complexity index is 330. The second-order valence-corrected chi connectivity index (χ2v) is 5.69. The van der Waals surface area contributed by atoms with Crippen molar-refractivity contribution < 1.29 is 14.3 Å². The van der Waals surface area contributed by atoms with Crippen LogP contribution in [0.2, 0.25) is 0 Å². The summed E-state index contributed by atoms with van der Waals surface area (Å²) in [5.74, 6) is 0.595. The van der Waals surface area contributed by atoms with Crippen LogP contribution < -0.4 is 0 Å². The van der Waals surface area contributed by atoms with E-state index in [-0.39, 0.29) is 23.7 Å². The Kier molecular flexibility index (Phi) is 4.80. The minimum atomic E-state index is 0.0477. The van der Waals surface area contributed by atoms with Crippen LogP contribution in [0.5, 0.6) is 0 Å². The van der Waals surface area contributed by atoms with E-state index in [9.17, 15) is 9.59 Å². The van der Waals surface area contributed by atoms with Gasteiger partial charge in [0.05, 0.1) is 13.2 Å². The molecule has 0 bridgehead atoms. The van der Waals surface area contributed by atoms with Gasteiger partial charge in [-0.2, -0.15) is 0 Å². The average Bonchev–Trinajstić information content (AvgIpc) is 2.46. The van der Waals surface area contributed by atoms with Gasteiger partial charge < -0.3 is 14.5 Å². The van der Waals surface area contributed by atoms with E-state index in [1.165, 1.54) is 0 Å². The Morgan fingerprint density at radius 1 is 1.00 bits per heavy atom. The summed E-state index contributed by atoms with van der Waals surface area (Å²) in [7, 11) is 0. The minimum absolute atomic E-state index is 0.0477. The van der Waals surface area contributed by atoms with Crippen LogP contribution in [-0.2, 0) is 14.3 Å². The molecule has 0 aliphatic carbocycles. The van der Waals surface area contributed by atoms with E-state index in [0.29, 0.717) is 26.3 Å². The molecule has 2 aliphatic heterocycles. The number of rotatable bonds is 2. The van der Waals surface area contributed by atoms with Crippen LogP contribution in [0.3, 0.4) is 0 Å². The van der Waals surface area contributed by atoms with Crippen LogP contribution in [0.15, 0.2) is 0 Å². The third kappa shape index (κ3) is 3.47. The van der Waals surface area contributed by atoms with Gasteiger partial charge in [-0.1, -0.05) is 13.8 Å². The van der Waals surface area contributed by atoms with Gasteiger partial charge in [0.2, 0.25) is 11.8 Å². The van der Waals surface area contributed by atoms with Gasteiger partial charge in [0.1, 0.15) is 0 Å². The number of ether oxygens (including phenoxy) is 1. The molecular weight excluding hydrogens is 244 g/mol. The van der Waals surface area contributed by atoms with Crippen molar-refractivity contribution in [1.82, 2.24) is 9.80 Å². The topological polar surface area (TPSA) is 49.9 Å². The van der Waals surface area contributed by atoms with Crippen molar-refractivity contribution in [2.45, 2.75) is 26.7 Å². The zero-order chi connectivity index (χ0) is 13.8. The molecule has 2 amide bonds. The van der Waals surface area contributed by atoms with Gasteiger partial charge in [-0.05, 0) is 12.8 Å². The smallest absolute Gasteiger partial charge is 0.225 e. The number of nitrogens with zero attached hydrogens (tertiary/aromatic N) is 2. The highest BCUT2D eigenvalue weighted by molar-refractivity contribution is 5.81. The quantitative estimate of drug-likeness (QED) is 0.742. The van der Waals surface area contributed by atoms with E-state index in [1.54, 1.807) is 0 Å². The molecule has 0 unspecified atom stereocenters. The molecule has 2 aliphatic rings. The molecule has 19 heavy (non-hydrogen) atoms. The van der Waals surface area contributed by atoms with Gasteiger partial charge in [-0.3, -0.25) is 9.59 Å². The number of piperidine rings is 1. The summed E-state index contributed by atoms with van der Waals surface area (Å²) in [6, 6.07) is 0. The van der Waals surface area contributed by atoms with Crippen molar-refractivity contribution in [2.75, 3.05) is 39.4 Å². The van der Waals surface area contributed by atoms with Crippen molar-refractivity contribution in [2.24, 2.45) is 11.8 Å². The second-order valence-electron chi connectivity index (χ2n) is 5.69. The van der Waals surface area contributed by atoms with Crippen LogP contribution in [0.25, 0.3) is 0 Å². The predicted octanol–water partition coefficient (Wildman–Crippen LogP) is 0.740. The molecule has 2 fully saturated rings. The van der Waals surface area contributed by atoms with Crippen LogP contribution in [0.4, 0.5) is 0 Å². The molecule has 108 valence electrons. The SMILES string of the molecule is CC(C)C(=O)N1CCC(C(=O)N2CCOCC2)CC1. The molecule has 0 aromatic rings. The maximum Gasteiger partial charge on any atom is 0.225 e. The van der Waals surface area contributed by atoms with Crippen molar-refractivity contribution in [1.29, 1.82) is 0 Å². The molecule has 0 aromatic carbocycles. The largest absolute Gasteiger partial charge is 0.378 e. The molecule has 2 saturated heterocycles. The number of morpholine rings is 1. The number of carbonyl (C=O) groups is 2. The lowest BCUT2D eigenvalue weighted by atomic mass is 9.94. The van der Waals surface area contributed by atoms with E-state index < -0.39 is 0 Å². The Balaban J connectivity index is 1.82. The highest BCUT2D eigenvalue weighted by Gasteiger charge is 2.31. The fourth-order valence-electron chi connectivity index (χ4n) is 2.75. The summed E-state index contributed by atoms with van der Waals surface area (Å²) >= 11 is 0. The Hall–Kier alpha value is -1.10. The fraction of sp³-hybridized carbons (Fsp3) is 0.857. The maximum absolute atomic E-state index is 12.3. The number of carbonyl (C=O) groups excluding carboxylic acids is 2. The fourth-order valence-corrected chi connectivity index (χ4v) is 2.75. The van der Waals surface area contributed by atoms with E-state index in [1.807, 2.05) is 23.6 Å². The van der Waals surface area contributed by atoms with Crippen molar-refractivity contribution in [3.05, 3.63) is 0 Å². The van der Waals surface area contributed by atoms with Crippen LogP contribution >= 0.6 is 0 Å². The summed E-state index contributed by atoms with van der Waals surface area (Å²) in [5, 5.41) is 0. The number of amides is 2. The van der Waals surface area contributed by atoms with Crippen molar-refractivity contribution in [3.63, 3.8) is 0 Å². The van der Waals surface area contributed by atoms with Gasteiger partial charge in [0, 0.05) is 38.0 Å². The van der Waals surface area contributed by atoms with E-state index in [4.69, 9.17) is 4.74 Å². The molecule has 0 radical (unpaired) electrons. The third-order valence-corrected chi connectivity index (χ3v) is 3.97. The summed E-state index contributed by atoms with van der Waals surface area (Å²) in [5.41, 5.74) is 0. The summed E-state index contributed by atoms with van der Waals surface area (Å²) < 4.78 is 5.27. The molecule has 0 saturated carbocycles. The lowest BCUT2D eigenvalue weighted by molar-refractivity contribution is -0.144. The second kappa shape index (κ2) is 6.37. The zero-order valence-corrected chi connectivity index (χ0v) is 11.9. The lowest BCUT2D eigenvalue weighted by Crippen LogP contribution is -2.48. The van der Waals surface area contributed by atoms with Crippen LogP contribution in [0, 0.1) is 11.8 Å². The molecule has 5 heteroatoms. The molecule has 0 aromatic heterocycles. The lowest BCUT2D eigenvalue weighted by Gasteiger charge is -2.36. The first-order valence-electron chi connectivity index (χ1n) is 7.25. The first-order chi connectivity index (χ1) is 9.09. The monoisotopic (exact) mass is 268 g/mol. The van der Waals surface area contributed by atoms with E-state index in [2.05, 4.69) is 0 Å². The minimum Gasteiger partial charge on any atom is -0.378 e. The van der Waals surface area contributed by atoms with Gasteiger partial charge in [-0.25, -0.2) is 0 Å². The first kappa shape index (κ1) is 14.3. The Morgan fingerprint density at radius 3 is 2.11 bits per heavy atom. The van der Waals surface area contributed by atoms with Gasteiger partial charge in [0.25, 0.3) is 0 Å². The Labute approximate surface area is 114 Å². The van der Waals surface area contributed by atoms with Crippen molar-refractivity contribution in [3.8, 4) is 0 Å². The maximum atomic E-state index is 12.3. The van der Waals surface area contributed by atoms with Crippen LogP contribution in [-0.4, -0.2) is 61.0 Å². The molecule has 2 rings (SSSR count). The van der Waals surface area contributed by atoms with E-state index in [0.717, 1.165) is 25.9 Å². The highest BCUT2D eigenvalue weighted by atomic mass is 16.5. The molecule has 5 nitrogen and oxygen atoms in total. The van der Waals surface area contributed by atoms with Crippen LogP contribution in [0.1, 0.15) is 26.7 Å². The molecule has 0 atom stereocenters. The zero-order valence-electron chi connectivity index (χ0n) is 11.9. The normalized spacial score (nSPS) is 21.8. The Morgan fingerprint density at radius 2 is 1.58 bits per heavy atom. The van der Waals surface area contributed by atoms with Crippen molar-refractivity contribution >= 4 is 11.8 Å². The number of hydrogen-bond acceptors (Lipinski definition) is 3. The summed E-state index contributed by atoms with van der Waals surface area (Å²) in [4.78, 5) is 28.0. The molecule has 0 N–H and O–H groups in total. The molecule has 0 spiro atoms. The average molecular weight is 268 g/mol.